The van der Waals surface area contributed by atoms with Crippen LogP contribution in [0.3, 0.4) is 0 Å². The second kappa shape index (κ2) is 9.34. The zero-order chi connectivity index (χ0) is 17.5. The van der Waals surface area contributed by atoms with Crippen molar-refractivity contribution >= 4 is 16.8 Å². The summed E-state index contributed by atoms with van der Waals surface area (Å²) in [5.74, 6) is 2.09. The first-order valence-corrected chi connectivity index (χ1v) is 10.8. The standard InChI is InChI=1S/C19H30N4OS/c1-20-19(22-17-9-12-23(13-10-17)18-7-8-18)21-11-14-25(24)15-16-5-3-2-4-6-16/h2-6,17-18H,7-15H2,1H3,(H2,20,21,22). The molecule has 6 heteroatoms. The SMILES string of the molecule is CN=C(NCCS(=O)Cc1ccccc1)NC1CCN(C2CC2)CC1. The van der Waals surface area contributed by atoms with E-state index in [1.807, 2.05) is 30.3 Å². The Morgan fingerprint density at radius 3 is 2.56 bits per heavy atom. The molecule has 0 aromatic heterocycles. The molecule has 1 unspecified atom stereocenters. The molecule has 138 valence electrons. The normalized spacial score (nSPS) is 21.1. The number of nitrogens with one attached hydrogen (secondary N) is 2. The summed E-state index contributed by atoms with van der Waals surface area (Å²) in [5, 5.41) is 6.83. The van der Waals surface area contributed by atoms with Crippen molar-refractivity contribution in [3.8, 4) is 0 Å². The zero-order valence-electron chi connectivity index (χ0n) is 15.1. The highest BCUT2D eigenvalue weighted by molar-refractivity contribution is 7.84. The van der Waals surface area contributed by atoms with Crippen LogP contribution in [0.4, 0.5) is 0 Å². The number of nitrogens with zero attached hydrogens (tertiary/aromatic N) is 2. The third kappa shape index (κ3) is 6.12. The Balaban J connectivity index is 1.33. The van der Waals surface area contributed by atoms with Gasteiger partial charge in [-0.15, -0.1) is 0 Å². The fourth-order valence-electron chi connectivity index (χ4n) is 3.35. The van der Waals surface area contributed by atoms with Crippen LogP contribution in [0.1, 0.15) is 31.2 Å². The summed E-state index contributed by atoms with van der Waals surface area (Å²) in [7, 11) is 0.950. The van der Waals surface area contributed by atoms with Crippen LogP contribution in [-0.4, -0.2) is 59.6 Å². The van der Waals surface area contributed by atoms with Crippen LogP contribution in [-0.2, 0) is 16.6 Å². The lowest BCUT2D eigenvalue weighted by molar-refractivity contribution is 0.197. The van der Waals surface area contributed by atoms with E-state index < -0.39 is 10.8 Å². The topological polar surface area (TPSA) is 56.7 Å². The van der Waals surface area contributed by atoms with Crippen molar-refractivity contribution in [3.05, 3.63) is 35.9 Å². The second-order valence-corrected chi connectivity index (χ2v) is 8.54. The minimum atomic E-state index is -0.851. The summed E-state index contributed by atoms with van der Waals surface area (Å²) in [6.07, 6.45) is 5.14. The quantitative estimate of drug-likeness (QED) is 0.573. The maximum absolute atomic E-state index is 12.2. The Morgan fingerprint density at radius 1 is 1.20 bits per heavy atom. The van der Waals surface area contributed by atoms with Gasteiger partial charge in [0.15, 0.2) is 5.96 Å². The molecule has 1 heterocycles. The van der Waals surface area contributed by atoms with E-state index in [0.29, 0.717) is 24.1 Å². The largest absolute Gasteiger partial charge is 0.355 e. The Labute approximate surface area is 153 Å². The third-order valence-corrected chi connectivity index (χ3v) is 6.26. The highest BCUT2D eigenvalue weighted by atomic mass is 32.2. The van der Waals surface area contributed by atoms with Crippen molar-refractivity contribution in [3.63, 3.8) is 0 Å². The number of rotatable bonds is 7. The van der Waals surface area contributed by atoms with Crippen molar-refractivity contribution < 1.29 is 4.21 Å². The smallest absolute Gasteiger partial charge is 0.191 e. The summed E-state index contributed by atoms with van der Waals surface area (Å²) in [6.45, 7) is 3.07. The third-order valence-electron chi connectivity index (χ3n) is 4.95. The van der Waals surface area contributed by atoms with Crippen LogP contribution in [0.15, 0.2) is 35.3 Å². The molecule has 1 saturated heterocycles. The van der Waals surface area contributed by atoms with Crippen molar-refractivity contribution in [2.45, 2.75) is 43.5 Å². The maximum Gasteiger partial charge on any atom is 0.191 e. The van der Waals surface area contributed by atoms with Crippen LogP contribution in [0, 0.1) is 0 Å². The van der Waals surface area contributed by atoms with E-state index in [-0.39, 0.29) is 0 Å². The molecule has 0 radical (unpaired) electrons. The average Bonchev–Trinajstić information content (AvgIpc) is 3.47. The van der Waals surface area contributed by atoms with Crippen LogP contribution in [0.2, 0.25) is 0 Å². The number of benzene rings is 1. The van der Waals surface area contributed by atoms with E-state index >= 15 is 0 Å². The molecule has 1 aromatic rings. The highest BCUT2D eigenvalue weighted by Crippen LogP contribution is 2.29. The lowest BCUT2D eigenvalue weighted by Crippen LogP contribution is -2.49. The fraction of sp³-hybridized carbons (Fsp3) is 0.632. The molecule has 1 saturated carbocycles. The van der Waals surface area contributed by atoms with E-state index in [1.165, 1.54) is 38.8 Å². The van der Waals surface area contributed by atoms with Gasteiger partial charge < -0.3 is 15.5 Å². The van der Waals surface area contributed by atoms with Crippen molar-refractivity contribution in [1.29, 1.82) is 0 Å². The van der Waals surface area contributed by atoms with Gasteiger partial charge in [0.25, 0.3) is 0 Å². The first kappa shape index (κ1) is 18.4. The van der Waals surface area contributed by atoms with Gasteiger partial charge in [-0.3, -0.25) is 9.20 Å². The van der Waals surface area contributed by atoms with E-state index in [2.05, 4.69) is 20.5 Å². The van der Waals surface area contributed by atoms with Gasteiger partial charge in [-0.05, 0) is 31.2 Å². The van der Waals surface area contributed by atoms with E-state index in [4.69, 9.17) is 0 Å². The van der Waals surface area contributed by atoms with Crippen molar-refractivity contribution in [2.24, 2.45) is 4.99 Å². The molecule has 0 amide bonds. The molecule has 1 atom stereocenters. The molecule has 2 N–H and O–H groups in total. The molecule has 0 bridgehead atoms. The summed E-state index contributed by atoms with van der Waals surface area (Å²) in [5.41, 5.74) is 1.13. The highest BCUT2D eigenvalue weighted by Gasteiger charge is 2.31. The number of aliphatic imine (C=N–C) groups is 1. The Kier molecular flexibility index (Phi) is 6.87. The Morgan fingerprint density at radius 2 is 1.92 bits per heavy atom. The van der Waals surface area contributed by atoms with Gasteiger partial charge in [0.2, 0.25) is 0 Å². The minimum Gasteiger partial charge on any atom is -0.355 e. The summed E-state index contributed by atoms with van der Waals surface area (Å²) >= 11 is 0. The fourth-order valence-corrected chi connectivity index (χ4v) is 4.39. The lowest BCUT2D eigenvalue weighted by atomic mass is 10.1. The maximum atomic E-state index is 12.2. The predicted octanol–water partition coefficient (Wildman–Crippen LogP) is 1.73. The van der Waals surface area contributed by atoms with E-state index in [9.17, 15) is 4.21 Å². The number of piperidine rings is 1. The number of guanidine groups is 1. The molecule has 25 heavy (non-hydrogen) atoms. The van der Waals surface area contributed by atoms with Gasteiger partial charge in [0.05, 0.1) is 0 Å². The lowest BCUT2D eigenvalue weighted by Gasteiger charge is -2.33. The predicted molar refractivity (Wildman–Crippen MR) is 105 cm³/mol. The molecule has 2 aliphatic rings. The first-order chi connectivity index (χ1) is 12.2. The number of hydrogen-bond donors (Lipinski definition) is 2. The number of hydrogen-bond acceptors (Lipinski definition) is 3. The summed E-state index contributed by atoms with van der Waals surface area (Å²) in [6, 6.07) is 11.4. The van der Waals surface area contributed by atoms with Crippen LogP contribution >= 0.6 is 0 Å². The Bertz CT molecular complexity index is 580. The van der Waals surface area contributed by atoms with Gasteiger partial charge in [0, 0.05) is 61.1 Å². The number of likely N-dealkylation sites (tertiary alicyclic amines) is 1. The molecule has 0 spiro atoms. The molecular weight excluding hydrogens is 332 g/mol. The molecule has 1 aliphatic carbocycles. The second-order valence-electron chi connectivity index (χ2n) is 6.96. The van der Waals surface area contributed by atoms with Gasteiger partial charge in [-0.1, -0.05) is 30.3 Å². The van der Waals surface area contributed by atoms with Crippen LogP contribution in [0.25, 0.3) is 0 Å². The molecule has 1 aliphatic heterocycles. The minimum absolute atomic E-state index is 0.496. The van der Waals surface area contributed by atoms with Gasteiger partial charge in [0.1, 0.15) is 0 Å². The van der Waals surface area contributed by atoms with Gasteiger partial charge in [-0.2, -0.15) is 0 Å². The summed E-state index contributed by atoms with van der Waals surface area (Å²) < 4.78 is 12.2. The average molecular weight is 363 g/mol. The molecular formula is C19H30N4OS. The molecule has 2 fully saturated rings. The Hall–Kier alpha value is -1.40. The van der Waals surface area contributed by atoms with E-state index in [1.54, 1.807) is 7.05 Å². The monoisotopic (exact) mass is 362 g/mol. The van der Waals surface area contributed by atoms with Crippen LogP contribution in [0.5, 0.6) is 0 Å². The molecule has 5 nitrogen and oxygen atoms in total. The van der Waals surface area contributed by atoms with Gasteiger partial charge >= 0.3 is 0 Å². The van der Waals surface area contributed by atoms with E-state index in [0.717, 1.165) is 17.6 Å². The van der Waals surface area contributed by atoms with Crippen molar-refractivity contribution in [2.75, 3.05) is 32.4 Å². The molecule has 3 rings (SSSR count). The zero-order valence-corrected chi connectivity index (χ0v) is 15.9. The van der Waals surface area contributed by atoms with Crippen LogP contribution < -0.4 is 10.6 Å². The first-order valence-electron chi connectivity index (χ1n) is 9.34. The molecule has 1 aromatic carbocycles. The van der Waals surface area contributed by atoms with Crippen molar-refractivity contribution in [1.82, 2.24) is 15.5 Å². The summed E-state index contributed by atoms with van der Waals surface area (Å²) in [4.78, 5) is 6.94. The van der Waals surface area contributed by atoms with Gasteiger partial charge in [-0.25, -0.2) is 0 Å².